The highest BCUT2D eigenvalue weighted by molar-refractivity contribution is 5.77. The number of likely N-dealkylation sites (tertiary alicyclic amines) is 1. The van der Waals surface area contributed by atoms with Crippen molar-refractivity contribution in [2.45, 2.75) is 32.4 Å². The minimum atomic E-state index is -0.142. The number of benzene rings is 1. The fraction of sp³-hybridized carbons (Fsp3) is 0.385. The maximum absolute atomic E-state index is 12.3. The molecule has 2 aromatic heterocycles. The topological polar surface area (TPSA) is 80.2 Å². The van der Waals surface area contributed by atoms with E-state index in [1.54, 1.807) is 6.20 Å². The first-order valence-corrected chi connectivity index (χ1v) is 11.4. The van der Waals surface area contributed by atoms with E-state index in [4.69, 9.17) is 4.74 Å². The SMILES string of the molecule is COCC(=O)N[C@H](c1ccccn1)[C@@H]1CCCN(Cc2cnc(-c3ccccc3C)nc2)C1. The van der Waals surface area contributed by atoms with E-state index in [1.807, 2.05) is 42.7 Å². The molecule has 0 spiro atoms. The highest BCUT2D eigenvalue weighted by Gasteiger charge is 2.30. The number of methoxy groups -OCH3 is 1. The van der Waals surface area contributed by atoms with E-state index in [0.717, 1.165) is 55.1 Å². The number of amides is 1. The molecule has 7 heteroatoms. The molecule has 1 aliphatic heterocycles. The summed E-state index contributed by atoms with van der Waals surface area (Å²) in [7, 11) is 1.53. The molecule has 0 aliphatic carbocycles. The molecule has 33 heavy (non-hydrogen) atoms. The number of aryl methyl sites for hydroxylation is 1. The van der Waals surface area contributed by atoms with Gasteiger partial charge in [0, 0.05) is 49.9 Å². The van der Waals surface area contributed by atoms with E-state index in [1.165, 1.54) is 12.7 Å². The predicted molar refractivity (Wildman–Crippen MR) is 127 cm³/mol. The number of hydrogen-bond donors (Lipinski definition) is 1. The number of carbonyl (C=O) groups is 1. The lowest BCUT2D eigenvalue weighted by atomic mass is 9.88. The van der Waals surface area contributed by atoms with Crippen molar-refractivity contribution in [3.8, 4) is 11.4 Å². The number of carbonyl (C=O) groups excluding carboxylic acids is 1. The van der Waals surface area contributed by atoms with Crippen LogP contribution in [-0.2, 0) is 16.1 Å². The van der Waals surface area contributed by atoms with E-state index in [9.17, 15) is 4.79 Å². The zero-order chi connectivity index (χ0) is 23.0. The molecule has 7 nitrogen and oxygen atoms in total. The Hall–Kier alpha value is -3.16. The van der Waals surface area contributed by atoms with E-state index >= 15 is 0 Å². The fourth-order valence-electron chi connectivity index (χ4n) is 4.50. The molecule has 1 aromatic carbocycles. The minimum absolute atomic E-state index is 0.0460. The van der Waals surface area contributed by atoms with Gasteiger partial charge in [-0.2, -0.15) is 0 Å². The van der Waals surface area contributed by atoms with Crippen LogP contribution in [0.1, 0.15) is 35.7 Å². The predicted octanol–water partition coefficient (Wildman–Crippen LogP) is 3.56. The van der Waals surface area contributed by atoms with Crippen LogP contribution < -0.4 is 5.32 Å². The zero-order valence-electron chi connectivity index (χ0n) is 19.3. The molecule has 0 saturated carbocycles. The van der Waals surface area contributed by atoms with Crippen LogP contribution >= 0.6 is 0 Å². The van der Waals surface area contributed by atoms with Gasteiger partial charge in [-0.15, -0.1) is 0 Å². The Kier molecular flexibility index (Phi) is 7.75. The van der Waals surface area contributed by atoms with Crippen LogP contribution in [0.2, 0.25) is 0 Å². The zero-order valence-corrected chi connectivity index (χ0v) is 19.3. The van der Waals surface area contributed by atoms with Crippen LogP contribution in [0.15, 0.2) is 61.1 Å². The third kappa shape index (κ3) is 6.00. The van der Waals surface area contributed by atoms with Gasteiger partial charge in [-0.05, 0) is 49.9 Å². The molecule has 1 N–H and O–H groups in total. The number of nitrogens with zero attached hydrogens (tertiary/aromatic N) is 4. The molecule has 0 unspecified atom stereocenters. The molecular formula is C26H31N5O2. The van der Waals surface area contributed by atoms with Gasteiger partial charge in [-0.3, -0.25) is 14.7 Å². The van der Waals surface area contributed by atoms with Crippen molar-refractivity contribution in [3.05, 3.63) is 77.9 Å². The normalized spacial score (nSPS) is 17.5. The third-order valence-corrected chi connectivity index (χ3v) is 6.11. The van der Waals surface area contributed by atoms with Gasteiger partial charge in [-0.1, -0.05) is 30.3 Å². The van der Waals surface area contributed by atoms with Crippen molar-refractivity contribution in [1.82, 2.24) is 25.2 Å². The lowest BCUT2D eigenvalue weighted by Crippen LogP contribution is -2.43. The largest absolute Gasteiger partial charge is 0.375 e. The highest BCUT2D eigenvalue weighted by atomic mass is 16.5. The Morgan fingerprint density at radius 1 is 1.15 bits per heavy atom. The molecule has 1 amide bonds. The summed E-state index contributed by atoms with van der Waals surface area (Å²) >= 11 is 0. The van der Waals surface area contributed by atoms with Gasteiger partial charge in [0.1, 0.15) is 6.61 Å². The molecule has 1 aliphatic rings. The Morgan fingerprint density at radius 2 is 1.94 bits per heavy atom. The van der Waals surface area contributed by atoms with Crippen LogP contribution in [-0.4, -0.2) is 52.6 Å². The number of piperidine rings is 1. The van der Waals surface area contributed by atoms with E-state index in [2.05, 4.69) is 44.2 Å². The highest BCUT2D eigenvalue weighted by Crippen LogP contribution is 2.30. The van der Waals surface area contributed by atoms with Gasteiger partial charge in [0.2, 0.25) is 5.91 Å². The van der Waals surface area contributed by atoms with Crippen molar-refractivity contribution < 1.29 is 9.53 Å². The summed E-state index contributed by atoms with van der Waals surface area (Å²) < 4.78 is 5.02. The summed E-state index contributed by atoms with van der Waals surface area (Å²) in [5.41, 5.74) is 4.21. The van der Waals surface area contributed by atoms with Crippen molar-refractivity contribution in [1.29, 1.82) is 0 Å². The van der Waals surface area contributed by atoms with Gasteiger partial charge < -0.3 is 10.1 Å². The molecule has 2 atom stereocenters. The lowest BCUT2D eigenvalue weighted by molar-refractivity contribution is -0.126. The molecular weight excluding hydrogens is 414 g/mol. The molecule has 0 radical (unpaired) electrons. The number of pyridine rings is 1. The van der Waals surface area contributed by atoms with E-state index < -0.39 is 0 Å². The molecule has 1 saturated heterocycles. The average molecular weight is 446 g/mol. The Morgan fingerprint density at radius 3 is 2.67 bits per heavy atom. The van der Waals surface area contributed by atoms with Crippen molar-refractivity contribution >= 4 is 5.91 Å². The smallest absolute Gasteiger partial charge is 0.246 e. The standard InChI is InChI=1S/C26H31N5O2/c1-19-8-3-4-10-22(19)26-28-14-20(15-29-26)16-31-13-7-9-21(17-31)25(30-24(32)18-33-2)23-11-5-6-12-27-23/h3-6,8,10-12,14-15,21,25H,7,9,13,16-18H2,1-2H3,(H,30,32)/t21-,25+/m1/s1. The first-order chi connectivity index (χ1) is 16.1. The maximum Gasteiger partial charge on any atom is 0.246 e. The quantitative estimate of drug-likeness (QED) is 0.571. The summed E-state index contributed by atoms with van der Waals surface area (Å²) in [5.74, 6) is 0.900. The average Bonchev–Trinajstić information content (AvgIpc) is 2.84. The summed E-state index contributed by atoms with van der Waals surface area (Å²) in [6.45, 7) is 4.78. The fourth-order valence-corrected chi connectivity index (χ4v) is 4.50. The Bertz CT molecular complexity index is 1040. The summed E-state index contributed by atoms with van der Waals surface area (Å²) in [6, 6.07) is 13.9. The number of hydrogen-bond acceptors (Lipinski definition) is 6. The second kappa shape index (κ2) is 11.1. The Balaban J connectivity index is 1.44. The first-order valence-electron chi connectivity index (χ1n) is 11.4. The van der Waals surface area contributed by atoms with Crippen molar-refractivity contribution in [3.63, 3.8) is 0 Å². The number of nitrogens with one attached hydrogen (secondary N) is 1. The van der Waals surface area contributed by atoms with Gasteiger partial charge >= 0.3 is 0 Å². The Labute approximate surface area is 195 Å². The van der Waals surface area contributed by atoms with Crippen LogP contribution in [0.25, 0.3) is 11.4 Å². The van der Waals surface area contributed by atoms with Gasteiger partial charge in [0.15, 0.2) is 5.82 Å². The number of ether oxygens (including phenoxy) is 1. The minimum Gasteiger partial charge on any atom is -0.375 e. The van der Waals surface area contributed by atoms with Crippen LogP contribution in [0, 0.1) is 12.8 Å². The number of rotatable bonds is 8. The summed E-state index contributed by atoms with van der Waals surface area (Å²) in [5, 5.41) is 3.14. The molecule has 1 fully saturated rings. The second-order valence-corrected chi connectivity index (χ2v) is 8.60. The molecule has 172 valence electrons. The molecule has 0 bridgehead atoms. The lowest BCUT2D eigenvalue weighted by Gasteiger charge is -2.37. The molecule has 4 rings (SSSR count). The van der Waals surface area contributed by atoms with E-state index in [-0.39, 0.29) is 24.5 Å². The monoisotopic (exact) mass is 445 g/mol. The number of aromatic nitrogens is 3. The molecule has 3 aromatic rings. The van der Waals surface area contributed by atoms with Crippen molar-refractivity contribution in [2.24, 2.45) is 5.92 Å². The summed E-state index contributed by atoms with van der Waals surface area (Å²) in [4.78, 5) is 28.5. The summed E-state index contributed by atoms with van der Waals surface area (Å²) in [6.07, 6.45) is 7.73. The van der Waals surface area contributed by atoms with Crippen LogP contribution in [0.4, 0.5) is 0 Å². The van der Waals surface area contributed by atoms with E-state index in [0.29, 0.717) is 0 Å². The van der Waals surface area contributed by atoms with Gasteiger partial charge in [-0.25, -0.2) is 9.97 Å². The second-order valence-electron chi connectivity index (χ2n) is 8.60. The van der Waals surface area contributed by atoms with Gasteiger partial charge in [0.05, 0.1) is 11.7 Å². The van der Waals surface area contributed by atoms with Crippen LogP contribution in [0.3, 0.4) is 0 Å². The maximum atomic E-state index is 12.3. The molecule has 3 heterocycles. The van der Waals surface area contributed by atoms with Gasteiger partial charge in [0.25, 0.3) is 0 Å². The van der Waals surface area contributed by atoms with Crippen LogP contribution in [0.5, 0.6) is 0 Å². The third-order valence-electron chi connectivity index (χ3n) is 6.11. The first kappa shape index (κ1) is 23.0. The van der Waals surface area contributed by atoms with Crippen molar-refractivity contribution in [2.75, 3.05) is 26.8 Å².